The molecule has 0 saturated heterocycles. The molecule has 55 heavy (non-hydrogen) atoms. The number of unbranched alkanes of at least 4 members (excludes halogenated alkanes) is 25. The molecule has 0 radical (unpaired) electrons. The largest absolute Gasteiger partial charge is 0.462 e. The first-order valence-corrected chi connectivity index (χ1v) is 23.5. The molecule has 0 aliphatic carbocycles. The first-order valence-electron chi connectivity index (χ1n) is 23.5. The standard InChI is InChI=1S/C49H88O6/c1-4-7-10-13-16-19-21-22-23-24-25-26-27-29-30-33-36-39-42-48(51)54-45-46(44-53-47(50)41-38-35-32-18-15-12-9-6-3)55-49(52)43-40-37-34-31-28-20-17-14-11-8-5-2/h14,17,19,21,23-24,46H,4-13,15-16,18,20,22,25-45H2,1-3H3/b17-14-,21-19-,24-23-. The van der Waals surface area contributed by atoms with Crippen LogP contribution in [0.25, 0.3) is 0 Å². The summed E-state index contributed by atoms with van der Waals surface area (Å²) in [5.74, 6) is -0.897. The lowest BCUT2D eigenvalue weighted by molar-refractivity contribution is -0.167. The summed E-state index contributed by atoms with van der Waals surface area (Å²) >= 11 is 0. The normalized spacial score (nSPS) is 12.3. The van der Waals surface area contributed by atoms with Gasteiger partial charge in [-0.2, -0.15) is 0 Å². The fourth-order valence-corrected chi connectivity index (χ4v) is 6.51. The van der Waals surface area contributed by atoms with Crippen molar-refractivity contribution in [3.8, 4) is 0 Å². The van der Waals surface area contributed by atoms with Crippen LogP contribution in [0.15, 0.2) is 36.5 Å². The highest BCUT2D eigenvalue weighted by atomic mass is 16.6. The molecule has 0 bridgehead atoms. The fourth-order valence-electron chi connectivity index (χ4n) is 6.51. The molecule has 1 atom stereocenters. The van der Waals surface area contributed by atoms with Crippen molar-refractivity contribution in [3.05, 3.63) is 36.5 Å². The van der Waals surface area contributed by atoms with Crippen LogP contribution in [0, 0.1) is 0 Å². The third-order valence-electron chi connectivity index (χ3n) is 10.1. The van der Waals surface area contributed by atoms with Crippen LogP contribution in [0.1, 0.15) is 239 Å². The predicted molar refractivity (Wildman–Crippen MR) is 233 cm³/mol. The summed E-state index contributed by atoms with van der Waals surface area (Å²) in [6, 6.07) is 0. The summed E-state index contributed by atoms with van der Waals surface area (Å²) in [4.78, 5) is 37.6. The van der Waals surface area contributed by atoms with Crippen LogP contribution < -0.4 is 0 Å². The van der Waals surface area contributed by atoms with Gasteiger partial charge >= 0.3 is 17.9 Å². The number of hydrogen-bond donors (Lipinski definition) is 0. The van der Waals surface area contributed by atoms with Gasteiger partial charge in [-0.15, -0.1) is 0 Å². The number of ether oxygens (including phenoxy) is 3. The molecule has 0 aromatic rings. The molecule has 0 heterocycles. The molecule has 1 unspecified atom stereocenters. The second kappa shape index (κ2) is 44.3. The predicted octanol–water partition coefficient (Wildman–Crippen LogP) is 15.0. The maximum atomic E-state index is 12.7. The number of allylic oxidation sites excluding steroid dienone is 6. The molecule has 0 aromatic heterocycles. The molecule has 0 spiro atoms. The van der Waals surface area contributed by atoms with Crippen LogP contribution in [0.5, 0.6) is 0 Å². The van der Waals surface area contributed by atoms with Crippen LogP contribution >= 0.6 is 0 Å². The molecule has 0 aliphatic heterocycles. The van der Waals surface area contributed by atoms with E-state index in [1.807, 2.05) is 0 Å². The van der Waals surface area contributed by atoms with E-state index in [0.717, 1.165) is 83.5 Å². The average molecular weight is 773 g/mol. The lowest BCUT2D eigenvalue weighted by atomic mass is 10.1. The van der Waals surface area contributed by atoms with E-state index in [4.69, 9.17) is 14.2 Å². The van der Waals surface area contributed by atoms with Gasteiger partial charge in [-0.3, -0.25) is 14.4 Å². The Balaban J connectivity index is 4.29. The summed E-state index contributed by atoms with van der Waals surface area (Å²) < 4.78 is 16.7. The van der Waals surface area contributed by atoms with Gasteiger partial charge < -0.3 is 14.2 Å². The zero-order chi connectivity index (χ0) is 40.1. The summed E-state index contributed by atoms with van der Waals surface area (Å²) in [7, 11) is 0. The van der Waals surface area contributed by atoms with Crippen molar-refractivity contribution in [2.45, 2.75) is 245 Å². The van der Waals surface area contributed by atoms with Gasteiger partial charge in [0.25, 0.3) is 0 Å². The van der Waals surface area contributed by atoms with E-state index in [9.17, 15) is 14.4 Å². The van der Waals surface area contributed by atoms with Crippen LogP contribution in [-0.2, 0) is 28.6 Å². The molecule has 6 heteroatoms. The van der Waals surface area contributed by atoms with Crippen LogP contribution in [0.3, 0.4) is 0 Å². The molecule has 0 aromatic carbocycles. The molecule has 320 valence electrons. The van der Waals surface area contributed by atoms with Crippen molar-refractivity contribution < 1.29 is 28.6 Å². The zero-order valence-corrected chi connectivity index (χ0v) is 36.4. The second-order valence-corrected chi connectivity index (χ2v) is 15.7. The molecule has 0 fully saturated rings. The molecular weight excluding hydrogens is 685 g/mol. The minimum Gasteiger partial charge on any atom is -0.462 e. The molecule has 0 aliphatic rings. The fraction of sp³-hybridized carbons (Fsp3) is 0.816. The summed E-state index contributed by atoms with van der Waals surface area (Å²) in [6.45, 7) is 6.54. The van der Waals surface area contributed by atoms with Crippen LogP contribution in [0.4, 0.5) is 0 Å². The monoisotopic (exact) mass is 773 g/mol. The van der Waals surface area contributed by atoms with E-state index in [2.05, 4.69) is 57.2 Å². The van der Waals surface area contributed by atoms with Crippen molar-refractivity contribution in [2.24, 2.45) is 0 Å². The summed E-state index contributed by atoms with van der Waals surface area (Å²) in [5, 5.41) is 0. The van der Waals surface area contributed by atoms with Gasteiger partial charge in [0.15, 0.2) is 6.10 Å². The second-order valence-electron chi connectivity index (χ2n) is 15.7. The maximum Gasteiger partial charge on any atom is 0.306 e. The van der Waals surface area contributed by atoms with E-state index in [1.54, 1.807) is 0 Å². The minimum atomic E-state index is -0.773. The number of rotatable bonds is 42. The first-order chi connectivity index (χ1) is 27.0. The Morgan fingerprint density at radius 2 is 0.673 bits per heavy atom. The van der Waals surface area contributed by atoms with Crippen molar-refractivity contribution in [2.75, 3.05) is 13.2 Å². The van der Waals surface area contributed by atoms with E-state index in [1.165, 1.54) is 116 Å². The molecular formula is C49H88O6. The molecule has 0 N–H and O–H groups in total. The number of carbonyl (C=O) groups excluding carboxylic acids is 3. The Labute approximate surface area is 340 Å². The quantitative estimate of drug-likeness (QED) is 0.0266. The summed E-state index contributed by atoms with van der Waals surface area (Å²) in [5.41, 5.74) is 0. The van der Waals surface area contributed by atoms with Gasteiger partial charge in [0.05, 0.1) is 0 Å². The number of carbonyl (C=O) groups is 3. The number of esters is 3. The van der Waals surface area contributed by atoms with Gasteiger partial charge in [-0.05, 0) is 70.6 Å². The zero-order valence-electron chi connectivity index (χ0n) is 36.4. The van der Waals surface area contributed by atoms with Crippen LogP contribution in [0.2, 0.25) is 0 Å². The third-order valence-corrected chi connectivity index (χ3v) is 10.1. The average Bonchev–Trinajstić information content (AvgIpc) is 3.18. The van der Waals surface area contributed by atoms with E-state index >= 15 is 0 Å². The Morgan fingerprint density at radius 1 is 0.364 bits per heavy atom. The molecule has 6 nitrogen and oxygen atoms in total. The van der Waals surface area contributed by atoms with Gasteiger partial charge in [0, 0.05) is 19.3 Å². The smallest absolute Gasteiger partial charge is 0.306 e. The lowest BCUT2D eigenvalue weighted by Gasteiger charge is -2.18. The maximum absolute atomic E-state index is 12.7. The topological polar surface area (TPSA) is 78.9 Å². The Kier molecular flexibility index (Phi) is 42.4. The highest BCUT2D eigenvalue weighted by Crippen LogP contribution is 2.14. The Morgan fingerprint density at radius 3 is 1.09 bits per heavy atom. The van der Waals surface area contributed by atoms with Gasteiger partial charge in [-0.25, -0.2) is 0 Å². The summed E-state index contributed by atoms with van der Waals surface area (Å²) in [6.07, 6.45) is 49.9. The van der Waals surface area contributed by atoms with Crippen molar-refractivity contribution >= 4 is 17.9 Å². The van der Waals surface area contributed by atoms with Crippen molar-refractivity contribution in [3.63, 3.8) is 0 Å². The van der Waals surface area contributed by atoms with Crippen molar-refractivity contribution in [1.29, 1.82) is 0 Å². The van der Waals surface area contributed by atoms with Crippen molar-refractivity contribution in [1.82, 2.24) is 0 Å². The van der Waals surface area contributed by atoms with E-state index in [-0.39, 0.29) is 31.1 Å². The van der Waals surface area contributed by atoms with E-state index in [0.29, 0.717) is 19.3 Å². The highest BCUT2D eigenvalue weighted by Gasteiger charge is 2.19. The first kappa shape index (κ1) is 52.6. The van der Waals surface area contributed by atoms with Gasteiger partial charge in [-0.1, -0.05) is 186 Å². The Bertz CT molecular complexity index is 938. The molecule has 0 saturated carbocycles. The van der Waals surface area contributed by atoms with Gasteiger partial charge in [0.2, 0.25) is 0 Å². The third kappa shape index (κ3) is 42.6. The Hall–Kier alpha value is -2.37. The lowest BCUT2D eigenvalue weighted by Crippen LogP contribution is -2.30. The van der Waals surface area contributed by atoms with E-state index < -0.39 is 6.10 Å². The van der Waals surface area contributed by atoms with Crippen LogP contribution in [-0.4, -0.2) is 37.2 Å². The molecule has 0 amide bonds. The highest BCUT2D eigenvalue weighted by molar-refractivity contribution is 5.71. The number of hydrogen-bond acceptors (Lipinski definition) is 6. The van der Waals surface area contributed by atoms with Gasteiger partial charge in [0.1, 0.15) is 13.2 Å². The molecule has 0 rings (SSSR count). The minimum absolute atomic E-state index is 0.0767. The SMILES string of the molecule is CCCC/C=C\CCCCCCCC(=O)OC(COC(=O)CCCCCCCCCC)COC(=O)CCCCCCCCC/C=C\C/C=C\CCCCCC.